The van der Waals surface area contributed by atoms with Gasteiger partial charge in [-0.25, -0.2) is 4.48 Å². The predicted molar refractivity (Wildman–Crippen MR) is 76.3 cm³/mol. The Hall–Kier alpha value is -0.980. The average molecular weight is 311 g/mol. The maximum absolute atomic E-state index is 4.70. The number of aliphatic imine (C=N–C) groups is 2. The second-order valence-corrected chi connectivity index (χ2v) is 5.74. The van der Waals surface area contributed by atoms with Gasteiger partial charge in [0.1, 0.15) is 6.20 Å². The van der Waals surface area contributed by atoms with Gasteiger partial charge >= 0.3 is 0 Å². The van der Waals surface area contributed by atoms with Crippen LogP contribution in [0.2, 0.25) is 0 Å². The quantitative estimate of drug-likeness (QED) is 0.538. The molecule has 1 fully saturated rings. The maximum atomic E-state index is 4.70. The topological polar surface area (TPSA) is 31.2 Å². The van der Waals surface area contributed by atoms with Crippen molar-refractivity contribution in [1.82, 2.24) is 9.80 Å². The highest BCUT2D eigenvalue weighted by molar-refractivity contribution is 9.18. The van der Waals surface area contributed by atoms with Crippen molar-refractivity contribution in [1.29, 1.82) is 0 Å². The minimum Gasteiger partial charge on any atom is -0.349 e. The fourth-order valence-corrected chi connectivity index (χ4v) is 2.89. The number of halogens is 1. The minimum atomic E-state index is 0.588. The molecule has 0 aromatic rings. The lowest BCUT2D eigenvalue weighted by atomic mass is 10.3. The normalized spacial score (nSPS) is 31.9. The summed E-state index contributed by atoms with van der Waals surface area (Å²) in [6.07, 6.45) is 5.80. The molecule has 3 aliphatic rings. The summed E-state index contributed by atoms with van der Waals surface area (Å²) in [5.41, 5.74) is 1.15. The maximum Gasteiger partial charge on any atom is 0.283 e. The van der Waals surface area contributed by atoms with Crippen molar-refractivity contribution in [2.75, 3.05) is 40.3 Å². The van der Waals surface area contributed by atoms with Gasteiger partial charge < -0.3 is 9.80 Å². The largest absolute Gasteiger partial charge is 0.349 e. The SMILES string of the molecule is CN1CCN(C2=C3C=NC=C[N+]3(C)C(Br)=N2)CC1. The van der Waals surface area contributed by atoms with Gasteiger partial charge in [0.15, 0.2) is 5.82 Å². The van der Waals surface area contributed by atoms with Crippen LogP contribution in [0.3, 0.4) is 0 Å². The van der Waals surface area contributed by atoms with Gasteiger partial charge in [-0.2, -0.15) is 4.99 Å². The summed E-state index contributed by atoms with van der Waals surface area (Å²) in [5.74, 6) is 1.06. The van der Waals surface area contributed by atoms with E-state index in [1.807, 2.05) is 18.6 Å². The van der Waals surface area contributed by atoms with Crippen LogP contribution in [0.4, 0.5) is 0 Å². The van der Waals surface area contributed by atoms with Crippen molar-refractivity contribution in [2.45, 2.75) is 0 Å². The van der Waals surface area contributed by atoms with Gasteiger partial charge in [0.05, 0.1) is 19.5 Å². The van der Waals surface area contributed by atoms with Crippen molar-refractivity contribution in [3.8, 4) is 0 Å². The summed E-state index contributed by atoms with van der Waals surface area (Å²) >= 11 is 3.59. The van der Waals surface area contributed by atoms with Crippen LogP contribution in [0.5, 0.6) is 0 Å². The lowest BCUT2D eigenvalue weighted by Crippen LogP contribution is -2.45. The molecule has 5 nitrogen and oxygen atoms in total. The van der Waals surface area contributed by atoms with Crippen LogP contribution >= 0.6 is 15.9 Å². The van der Waals surface area contributed by atoms with Crippen molar-refractivity contribution in [3.05, 3.63) is 23.9 Å². The van der Waals surface area contributed by atoms with Crippen LogP contribution in [0, 0.1) is 0 Å². The third kappa shape index (κ3) is 1.75. The molecular formula is C12H17BrN5+. The fourth-order valence-electron chi connectivity index (χ4n) is 2.41. The second-order valence-electron chi connectivity index (χ2n) is 5.03. The average Bonchev–Trinajstić information content (AvgIpc) is 2.63. The summed E-state index contributed by atoms with van der Waals surface area (Å²) in [7, 11) is 4.28. The van der Waals surface area contributed by atoms with Crippen LogP contribution < -0.4 is 0 Å². The number of amidine groups is 1. The number of hydrogen-bond acceptors (Lipinski definition) is 4. The number of piperazine rings is 1. The molecule has 0 radical (unpaired) electrons. The van der Waals surface area contributed by atoms with Gasteiger partial charge in [-0.15, -0.1) is 0 Å². The number of likely N-dealkylation sites (N-methyl/N-ethyl adjacent to an activating group) is 1. The molecule has 1 atom stereocenters. The van der Waals surface area contributed by atoms with Crippen LogP contribution in [0.1, 0.15) is 0 Å². The van der Waals surface area contributed by atoms with E-state index < -0.39 is 0 Å². The Morgan fingerprint density at radius 3 is 2.72 bits per heavy atom. The highest BCUT2D eigenvalue weighted by Gasteiger charge is 2.42. The highest BCUT2D eigenvalue weighted by atomic mass is 79.9. The zero-order valence-corrected chi connectivity index (χ0v) is 12.3. The van der Waals surface area contributed by atoms with Crippen molar-refractivity contribution in [2.24, 2.45) is 9.98 Å². The third-order valence-electron chi connectivity index (χ3n) is 3.76. The molecule has 6 heteroatoms. The van der Waals surface area contributed by atoms with E-state index in [2.05, 4.69) is 44.8 Å². The zero-order valence-electron chi connectivity index (χ0n) is 10.7. The first-order chi connectivity index (χ1) is 8.61. The number of fused-ring (bicyclic) bond motifs is 1. The third-order valence-corrected chi connectivity index (χ3v) is 4.68. The molecule has 1 saturated heterocycles. The summed E-state index contributed by atoms with van der Waals surface area (Å²) in [6.45, 7) is 4.22. The van der Waals surface area contributed by atoms with Gasteiger partial charge in [0.25, 0.3) is 4.74 Å². The van der Waals surface area contributed by atoms with Gasteiger partial charge in [-0.1, -0.05) is 0 Å². The summed E-state index contributed by atoms with van der Waals surface area (Å²) in [6, 6.07) is 0. The van der Waals surface area contributed by atoms with Crippen LogP contribution in [0.25, 0.3) is 0 Å². The van der Waals surface area contributed by atoms with Crippen molar-refractivity contribution in [3.63, 3.8) is 0 Å². The zero-order chi connectivity index (χ0) is 12.8. The van der Waals surface area contributed by atoms with Crippen LogP contribution in [-0.2, 0) is 0 Å². The van der Waals surface area contributed by atoms with E-state index in [9.17, 15) is 0 Å². The lowest BCUT2D eigenvalue weighted by Gasteiger charge is -2.33. The van der Waals surface area contributed by atoms with E-state index in [0.29, 0.717) is 4.48 Å². The Morgan fingerprint density at radius 2 is 2.00 bits per heavy atom. The molecule has 3 rings (SSSR count). The van der Waals surface area contributed by atoms with Crippen molar-refractivity contribution < 1.29 is 4.48 Å². The molecule has 0 aromatic carbocycles. The summed E-state index contributed by atoms with van der Waals surface area (Å²) < 4.78 is 1.51. The molecule has 0 spiro atoms. The molecular weight excluding hydrogens is 294 g/mol. The monoisotopic (exact) mass is 310 g/mol. The van der Waals surface area contributed by atoms with E-state index in [1.54, 1.807) is 0 Å². The number of allylic oxidation sites excluding steroid dienone is 1. The highest BCUT2D eigenvalue weighted by Crippen LogP contribution is 2.33. The van der Waals surface area contributed by atoms with E-state index in [4.69, 9.17) is 4.99 Å². The van der Waals surface area contributed by atoms with Gasteiger partial charge in [0, 0.05) is 42.1 Å². The first kappa shape index (κ1) is 12.1. The molecule has 0 bridgehead atoms. The van der Waals surface area contributed by atoms with E-state index in [0.717, 1.165) is 42.4 Å². The molecule has 0 amide bonds. The van der Waals surface area contributed by atoms with Crippen LogP contribution in [-0.4, -0.2) is 65.5 Å². The Kier molecular flexibility index (Phi) is 2.88. The first-order valence-corrected chi connectivity index (χ1v) is 6.91. The molecule has 0 aromatic heterocycles. The summed E-state index contributed by atoms with van der Waals surface area (Å²) in [5, 5.41) is 0. The van der Waals surface area contributed by atoms with Crippen molar-refractivity contribution >= 4 is 26.9 Å². The smallest absolute Gasteiger partial charge is 0.283 e. The predicted octanol–water partition coefficient (Wildman–Crippen LogP) is 1.17. The minimum absolute atomic E-state index is 0.588. The van der Waals surface area contributed by atoms with Gasteiger partial charge in [-0.05, 0) is 7.05 Å². The number of rotatable bonds is 1. The van der Waals surface area contributed by atoms with E-state index in [1.165, 1.54) is 0 Å². The fraction of sp³-hybridized carbons (Fsp3) is 0.500. The molecule has 1 unspecified atom stereocenters. The molecule has 96 valence electrons. The Bertz CT molecular complexity index is 485. The molecule has 0 aliphatic carbocycles. The number of hydrogen-bond donors (Lipinski definition) is 0. The lowest BCUT2D eigenvalue weighted by molar-refractivity contribution is -0.709. The summed E-state index contributed by atoms with van der Waals surface area (Å²) in [4.78, 5) is 13.7. The molecule has 3 aliphatic heterocycles. The van der Waals surface area contributed by atoms with E-state index >= 15 is 0 Å². The van der Waals surface area contributed by atoms with Gasteiger partial charge in [0.2, 0.25) is 5.70 Å². The molecule has 3 heterocycles. The first-order valence-electron chi connectivity index (χ1n) is 6.11. The molecule has 0 N–H and O–H groups in total. The Labute approximate surface area is 116 Å². The van der Waals surface area contributed by atoms with E-state index in [-0.39, 0.29) is 0 Å². The standard InChI is InChI=1S/C12H17BrN5/c1-16-4-6-17(7-5-16)11-10-9-14-3-8-18(10,2)12(13)15-11/h3,8-9H,4-7H2,1-2H3/q+1. The van der Waals surface area contributed by atoms with Gasteiger partial charge in [-0.3, -0.25) is 4.99 Å². The number of nitrogens with zero attached hydrogens (tertiary/aromatic N) is 5. The number of quaternary nitrogens is 1. The Balaban J connectivity index is 1.94. The Morgan fingerprint density at radius 1 is 1.28 bits per heavy atom. The molecule has 18 heavy (non-hydrogen) atoms. The molecule has 0 saturated carbocycles. The second kappa shape index (κ2) is 4.29. The van der Waals surface area contributed by atoms with Crippen LogP contribution in [0.15, 0.2) is 33.9 Å².